The molecule has 6 heteroatoms. The molecule has 0 spiro atoms. The third-order valence-corrected chi connectivity index (χ3v) is 6.25. The highest BCUT2D eigenvalue weighted by Gasteiger charge is 2.67. The second-order valence-electron chi connectivity index (χ2n) is 8.52. The molecule has 6 nitrogen and oxygen atoms in total. The van der Waals surface area contributed by atoms with Crippen molar-refractivity contribution in [2.45, 2.75) is 42.9 Å². The van der Waals surface area contributed by atoms with Crippen LogP contribution < -0.4 is 0 Å². The van der Waals surface area contributed by atoms with E-state index in [0.29, 0.717) is 5.56 Å². The monoisotopic (exact) mass is 448 g/mol. The molecule has 3 N–H and O–H groups in total. The molecule has 0 saturated carbocycles. The first-order chi connectivity index (χ1) is 15.9. The van der Waals surface area contributed by atoms with Crippen LogP contribution in [0.5, 0.6) is 0 Å². The van der Waals surface area contributed by atoms with E-state index in [1.807, 2.05) is 66.7 Å². The topological polar surface area (TPSA) is 96.2 Å². The molecule has 0 aliphatic carbocycles. The quantitative estimate of drug-likeness (QED) is 0.466. The predicted octanol–water partition coefficient (Wildman–Crippen LogP) is 3.00. The summed E-state index contributed by atoms with van der Waals surface area (Å²) >= 11 is 0. The predicted molar refractivity (Wildman–Crippen MR) is 123 cm³/mol. The number of hydrogen-bond acceptors (Lipinski definition) is 5. The van der Waals surface area contributed by atoms with Gasteiger partial charge in [0, 0.05) is 12.8 Å². The number of ether oxygens (including phenoxy) is 2. The molecule has 0 bridgehead atoms. The van der Waals surface area contributed by atoms with Crippen LogP contribution >= 0.6 is 0 Å². The van der Waals surface area contributed by atoms with Gasteiger partial charge in [-0.2, -0.15) is 0 Å². The Morgan fingerprint density at radius 1 is 0.758 bits per heavy atom. The van der Waals surface area contributed by atoms with Crippen molar-refractivity contribution in [1.82, 2.24) is 0 Å². The van der Waals surface area contributed by atoms with Gasteiger partial charge in [-0.1, -0.05) is 91.0 Å². The maximum atomic E-state index is 12.2. The molecule has 1 aliphatic heterocycles. The van der Waals surface area contributed by atoms with Crippen LogP contribution in [0.4, 0.5) is 0 Å². The Balaban J connectivity index is 1.65. The van der Waals surface area contributed by atoms with Crippen molar-refractivity contribution in [2.75, 3.05) is 6.61 Å². The molecular weight excluding hydrogens is 420 g/mol. The normalized spacial score (nSPS) is 26.8. The van der Waals surface area contributed by atoms with E-state index >= 15 is 0 Å². The summed E-state index contributed by atoms with van der Waals surface area (Å²) in [5.41, 5.74) is -1.57. The summed E-state index contributed by atoms with van der Waals surface area (Å²) in [4.78, 5) is 12.2. The van der Waals surface area contributed by atoms with Crippen molar-refractivity contribution in [2.24, 2.45) is 0 Å². The van der Waals surface area contributed by atoms with E-state index in [0.717, 1.165) is 11.1 Å². The molecule has 4 rings (SSSR count). The molecule has 1 aliphatic rings. The molecule has 172 valence electrons. The van der Waals surface area contributed by atoms with Gasteiger partial charge in [0.1, 0.15) is 17.3 Å². The zero-order chi connectivity index (χ0) is 23.3. The molecule has 0 radical (unpaired) electrons. The first-order valence-electron chi connectivity index (χ1n) is 10.9. The van der Waals surface area contributed by atoms with E-state index in [2.05, 4.69) is 0 Å². The molecule has 3 aromatic rings. The molecule has 1 unspecified atom stereocenters. The van der Waals surface area contributed by atoms with Crippen LogP contribution in [-0.2, 0) is 33.7 Å². The van der Waals surface area contributed by atoms with Gasteiger partial charge >= 0.3 is 5.97 Å². The smallest absolute Gasteiger partial charge is 0.336 e. The van der Waals surface area contributed by atoms with E-state index in [9.17, 15) is 20.1 Å². The molecule has 1 saturated heterocycles. The van der Waals surface area contributed by atoms with Crippen LogP contribution in [0.25, 0.3) is 0 Å². The second-order valence-corrected chi connectivity index (χ2v) is 8.52. The summed E-state index contributed by atoms with van der Waals surface area (Å²) in [7, 11) is 0. The van der Waals surface area contributed by atoms with Crippen molar-refractivity contribution in [3.8, 4) is 0 Å². The zero-order valence-electron chi connectivity index (χ0n) is 18.2. The van der Waals surface area contributed by atoms with Crippen molar-refractivity contribution in [3.05, 3.63) is 108 Å². The van der Waals surface area contributed by atoms with E-state index < -0.39 is 29.4 Å². The highest BCUT2D eigenvalue weighted by atomic mass is 16.6. The number of hydrogen-bond donors (Lipinski definition) is 3. The molecule has 1 heterocycles. The van der Waals surface area contributed by atoms with Gasteiger partial charge in [-0.05, 0) is 16.7 Å². The van der Waals surface area contributed by atoms with Gasteiger partial charge in [-0.3, -0.25) is 0 Å². The van der Waals surface area contributed by atoms with Crippen molar-refractivity contribution in [1.29, 1.82) is 0 Å². The van der Waals surface area contributed by atoms with Gasteiger partial charge in [0.2, 0.25) is 0 Å². The number of aliphatic carboxylic acids is 1. The standard InChI is InChI=1S/C27H28O6/c28-25(29)24-27(31,17-21-12-6-2-7-13-21)26(30,16-20-10-4-1-5-11-20)23(33-24)19-32-18-22-14-8-3-9-15-22/h1-15,23-24,30-31H,16-19H2,(H,28,29)/t23-,24?,26-,27-/m1/s1. The maximum Gasteiger partial charge on any atom is 0.336 e. The number of carboxylic acids is 1. The van der Waals surface area contributed by atoms with Crippen molar-refractivity contribution >= 4 is 5.97 Å². The summed E-state index contributed by atoms with van der Waals surface area (Å²) in [6.45, 7) is 0.204. The number of carbonyl (C=O) groups is 1. The van der Waals surface area contributed by atoms with Gasteiger partial charge in [0.25, 0.3) is 0 Å². The second kappa shape index (κ2) is 9.85. The van der Waals surface area contributed by atoms with Crippen molar-refractivity contribution < 1.29 is 29.6 Å². The third-order valence-electron chi connectivity index (χ3n) is 6.25. The Morgan fingerprint density at radius 3 is 1.70 bits per heavy atom. The lowest BCUT2D eigenvalue weighted by molar-refractivity contribution is -0.169. The van der Waals surface area contributed by atoms with E-state index in [1.54, 1.807) is 24.3 Å². The Kier molecular flexibility index (Phi) is 6.91. The fourth-order valence-electron chi connectivity index (χ4n) is 4.52. The maximum absolute atomic E-state index is 12.2. The number of carboxylic acid groups (broad SMARTS) is 1. The van der Waals surface area contributed by atoms with Crippen LogP contribution in [0.2, 0.25) is 0 Å². The van der Waals surface area contributed by atoms with E-state index in [1.165, 1.54) is 0 Å². The number of rotatable bonds is 9. The van der Waals surface area contributed by atoms with Gasteiger partial charge in [-0.15, -0.1) is 0 Å². The third kappa shape index (κ3) is 4.84. The fourth-order valence-corrected chi connectivity index (χ4v) is 4.52. The molecule has 4 atom stereocenters. The van der Waals surface area contributed by atoms with Crippen LogP contribution in [0, 0.1) is 0 Å². The summed E-state index contributed by atoms with van der Waals surface area (Å²) in [5.74, 6) is -1.33. The first kappa shape index (κ1) is 23.1. The summed E-state index contributed by atoms with van der Waals surface area (Å²) in [6, 6.07) is 27.7. The highest BCUT2D eigenvalue weighted by Crippen LogP contribution is 2.44. The largest absolute Gasteiger partial charge is 0.479 e. The Morgan fingerprint density at radius 2 is 1.21 bits per heavy atom. The minimum absolute atomic E-state index is 0.0142. The fraction of sp³-hybridized carbons (Fsp3) is 0.296. The van der Waals surface area contributed by atoms with Crippen LogP contribution in [0.1, 0.15) is 16.7 Å². The molecule has 0 amide bonds. The molecule has 33 heavy (non-hydrogen) atoms. The zero-order valence-corrected chi connectivity index (χ0v) is 18.2. The molecular formula is C27H28O6. The average molecular weight is 449 g/mol. The Labute approximate surface area is 193 Å². The van der Waals surface area contributed by atoms with Gasteiger partial charge in [0.05, 0.1) is 13.2 Å². The van der Waals surface area contributed by atoms with Crippen LogP contribution in [0.3, 0.4) is 0 Å². The number of benzene rings is 3. The lowest BCUT2D eigenvalue weighted by atomic mass is 9.71. The minimum atomic E-state index is -2.07. The highest BCUT2D eigenvalue weighted by molar-refractivity contribution is 5.75. The first-order valence-corrected chi connectivity index (χ1v) is 10.9. The Bertz CT molecular complexity index is 1040. The SMILES string of the molecule is O=C(O)C1O[C@H](COCc2ccccc2)[C@](O)(Cc2ccccc2)[C@@]1(O)Cc1ccccc1. The van der Waals surface area contributed by atoms with E-state index in [4.69, 9.17) is 9.47 Å². The van der Waals surface area contributed by atoms with E-state index in [-0.39, 0.29) is 26.1 Å². The lowest BCUT2D eigenvalue weighted by Crippen LogP contribution is -2.63. The van der Waals surface area contributed by atoms with Crippen LogP contribution in [0.15, 0.2) is 91.0 Å². The molecule has 3 aromatic carbocycles. The molecule has 0 aromatic heterocycles. The number of aliphatic hydroxyl groups is 2. The lowest BCUT2D eigenvalue weighted by Gasteiger charge is -2.40. The van der Waals surface area contributed by atoms with Crippen LogP contribution in [-0.4, -0.2) is 51.3 Å². The van der Waals surface area contributed by atoms with Gasteiger partial charge in [0.15, 0.2) is 6.10 Å². The van der Waals surface area contributed by atoms with Crippen molar-refractivity contribution in [3.63, 3.8) is 0 Å². The summed E-state index contributed by atoms with van der Waals surface area (Å²) in [6.07, 6.45) is -2.73. The average Bonchev–Trinajstić information content (AvgIpc) is 3.02. The Hall–Kier alpha value is -3.03. The van der Waals surface area contributed by atoms with Gasteiger partial charge in [-0.25, -0.2) is 4.79 Å². The summed E-state index contributed by atoms with van der Waals surface area (Å²) < 4.78 is 11.6. The van der Waals surface area contributed by atoms with Gasteiger partial charge < -0.3 is 24.8 Å². The molecule has 1 fully saturated rings. The minimum Gasteiger partial charge on any atom is -0.479 e. The summed E-state index contributed by atoms with van der Waals surface area (Å²) in [5, 5.41) is 33.7.